The number of nitrogens with one attached hydrogen (secondary N) is 1. The molecular weight excluding hydrogens is 276 g/mol. The summed E-state index contributed by atoms with van der Waals surface area (Å²) in [4.78, 5) is 0. The van der Waals surface area contributed by atoms with Crippen LogP contribution in [0.4, 0.5) is 0 Å². The Morgan fingerprint density at radius 2 is 1.82 bits per heavy atom. The summed E-state index contributed by atoms with van der Waals surface area (Å²) in [6, 6.07) is 16.3. The van der Waals surface area contributed by atoms with E-state index in [0.29, 0.717) is 11.4 Å². The molecule has 4 rings (SSSR count). The molecule has 22 heavy (non-hydrogen) atoms. The van der Waals surface area contributed by atoms with Crippen LogP contribution in [0, 0.1) is 11.3 Å². The number of fused-ring (bicyclic) bond motifs is 1. The molecule has 0 spiro atoms. The third-order valence-corrected chi connectivity index (χ3v) is 3.84. The van der Waals surface area contributed by atoms with Crippen LogP contribution in [0.15, 0.2) is 42.5 Å². The topological polar surface area (TPSA) is 74.6 Å². The minimum atomic E-state index is 0.377. The molecule has 0 saturated carbocycles. The minimum absolute atomic E-state index is 0.377. The maximum absolute atomic E-state index is 9.02. The maximum atomic E-state index is 9.02. The molecule has 5 nitrogen and oxygen atoms in total. The largest absolute Gasteiger partial charge is 0.493 e. The van der Waals surface area contributed by atoms with Crippen LogP contribution in [0.5, 0.6) is 5.75 Å². The molecule has 0 bridgehead atoms. The predicted octanol–water partition coefficient (Wildman–Crippen LogP) is 2.95. The number of H-pyrrole nitrogens is 1. The van der Waals surface area contributed by atoms with Gasteiger partial charge in [-0.2, -0.15) is 5.26 Å². The van der Waals surface area contributed by atoms with Crippen molar-refractivity contribution in [3.05, 3.63) is 53.7 Å². The van der Waals surface area contributed by atoms with Crippen molar-refractivity contribution in [2.45, 2.75) is 6.42 Å². The SMILES string of the molecule is N#Cc1[nH]nnc1-c1ccc(-c2ccc3c(c2)CCO3)cc1. The van der Waals surface area contributed by atoms with Gasteiger partial charge in [0.15, 0.2) is 5.69 Å². The fourth-order valence-electron chi connectivity index (χ4n) is 2.69. The van der Waals surface area contributed by atoms with Gasteiger partial charge < -0.3 is 4.74 Å². The first-order valence-electron chi connectivity index (χ1n) is 7.03. The van der Waals surface area contributed by atoms with Gasteiger partial charge in [0.25, 0.3) is 0 Å². The Kier molecular flexibility index (Phi) is 2.87. The third-order valence-electron chi connectivity index (χ3n) is 3.84. The Bertz CT molecular complexity index is 874. The van der Waals surface area contributed by atoms with E-state index in [0.717, 1.165) is 35.5 Å². The lowest BCUT2D eigenvalue weighted by molar-refractivity contribution is 0.357. The number of aromatic nitrogens is 3. The molecule has 0 fully saturated rings. The molecule has 1 N–H and O–H groups in total. The number of aromatic amines is 1. The van der Waals surface area contributed by atoms with E-state index in [2.05, 4.69) is 33.6 Å². The van der Waals surface area contributed by atoms with E-state index in [1.54, 1.807) is 0 Å². The highest BCUT2D eigenvalue weighted by Gasteiger charge is 2.13. The fourth-order valence-corrected chi connectivity index (χ4v) is 2.69. The highest BCUT2D eigenvalue weighted by molar-refractivity contribution is 5.71. The first-order valence-corrected chi connectivity index (χ1v) is 7.03. The van der Waals surface area contributed by atoms with E-state index < -0.39 is 0 Å². The monoisotopic (exact) mass is 288 g/mol. The summed E-state index contributed by atoms with van der Waals surface area (Å²) in [5, 5.41) is 19.3. The van der Waals surface area contributed by atoms with Gasteiger partial charge in [-0.25, -0.2) is 5.10 Å². The first-order chi connectivity index (χ1) is 10.8. The lowest BCUT2D eigenvalue weighted by atomic mass is 10.00. The molecule has 0 aliphatic carbocycles. The van der Waals surface area contributed by atoms with E-state index in [-0.39, 0.29) is 0 Å². The summed E-state index contributed by atoms with van der Waals surface area (Å²) in [6.45, 7) is 0.765. The highest BCUT2D eigenvalue weighted by atomic mass is 16.5. The lowest BCUT2D eigenvalue weighted by Crippen LogP contribution is -1.85. The maximum Gasteiger partial charge on any atom is 0.163 e. The zero-order valence-corrected chi connectivity index (χ0v) is 11.7. The Balaban J connectivity index is 1.69. The van der Waals surface area contributed by atoms with Crippen LogP contribution in [-0.2, 0) is 6.42 Å². The average Bonchev–Trinajstić information content (AvgIpc) is 3.23. The van der Waals surface area contributed by atoms with Gasteiger partial charge in [-0.15, -0.1) is 5.10 Å². The van der Waals surface area contributed by atoms with E-state index in [1.165, 1.54) is 5.56 Å². The second kappa shape index (κ2) is 5.01. The van der Waals surface area contributed by atoms with Gasteiger partial charge in [-0.3, -0.25) is 0 Å². The van der Waals surface area contributed by atoms with E-state index in [1.807, 2.05) is 30.3 Å². The second-order valence-corrected chi connectivity index (χ2v) is 5.15. The molecule has 3 aromatic rings. The normalized spacial score (nSPS) is 12.5. The number of hydrogen-bond donors (Lipinski definition) is 1. The highest BCUT2D eigenvalue weighted by Crippen LogP contribution is 2.31. The number of nitriles is 1. The molecule has 2 aromatic carbocycles. The van der Waals surface area contributed by atoms with Crippen molar-refractivity contribution < 1.29 is 4.74 Å². The Morgan fingerprint density at radius 1 is 1.05 bits per heavy atom. The fraction of sp³-hybridized carbons (Fsp3) is 0.118. The Hall–Kier alpha value is -3.13. The minimum Gasteiger partial charge on any atom is -0.493 e. The second-order valence-electron chi connectivity index (χ2n) is 5.15. The Morgan fingerprint density at radius 3 is 2.64 bits per heavy atom. The summed E-state index contributed by atoms with van der Waals surface area (Å²) in [5.74, 6) is 0.988. The average molecular weight is 288 g/mol. The molecule has 1 aliphatic rings. The molecule has 1 aliphatic heterocycles. The van der Waals surface area contributed by atoms with Crippen molar-refractivity contribution in [3.8, 4) is 34.2 Å². The molecule has 5 heteroatoms. The molecular formula is C17H12N4O. The number of nitrogens with zero attached hydrogens (tertiary/aromatic N) is 3. The van der Waals surface area contributed by atoms with Crippen molar-refractivity contribution in [1.29, 1.82) is 5.26 Å². The quantitative estimate of drug-likeness (QED) is 0.786. The third kappa shape index (κ3) is 2.02. The molecule has 0 amide bonds. The molecule has 0 unspecified atom stereocenters. The lowest BCUT2D eigenvalue weighted by Gasteiger charge is -2.05. The molecule has 0 saturated heterocycles. The van der Waals surface area contributed by atoms with Gasteiger partial charge in [-0.1, -0.05) is 35.5 Å². The van der Waals surface area contributed by atoms with Gasteiger partial charge in [-0.05, 0) is 28.8 Å². The molecule has 2 heterocycles. The molecule has 0 atom stereocenters. The number of rotatable bonds is 2. The summed E-state index contributed by atoms with van der Waals surface area (Å²) in [7, 11) is 0. The van der Waals surface area contributed by atoms with Gasteiger partial charge >= 0.3 is 0 Å². The van der Waals surface area contributed by atoms with Crippen LogP contribution in [-0.4, -0.2) is 22.0 Å². The smallest absolute Gasteiger partial charge is 0.163 e. The number of ether oxygens (including phenoxy) is 1. The van der Waals surface area contributed by atoms with Crippen LogP contribution >= 0.6 is 0 Å². The summed E-state index contributed by atoms with van der Waals surface area (Å²) < 4.78 is 5.53. The van der Waals surface area contributed by atoms with Crippen LogP contribution in [0.1, 0.15) is 11.3 Å². The van der Waals surface area contributed by atoms with Crippen molar-refractivity contribution in [2.75, 3.05) is 6.61 Å². The first kappa shape index (κ1) is 12.6. The van der Waals surface area contributed by atoms with Gasteiger partial charge in [0.2, 0.25) is 0 Å². The standard InChI is InChI=1S/C17H12N4O/c18-10-15-17(20-21-19-15)12-3-1-11(2-4-12)13-5-6-16-14(9-13)7-8-22-16/h1-6,9H,7-8H2,(H,19,20,21). The van der Waals surface area contributed by atoms with Gasteiger partial charge in [0.05, 0.1) is 6.61 Å². The number of benzene rings is 2. The summed E-state index contributed by atoms with van der Waals surface area (Å²) in [6.07, 6.45) is 0.964. The zero-order valence-electron chi connectivity index (χ0n) is 11.7. The van der Waals surface area contributed by atoms with Crippen molar-refractivity contribution in [1.82, 2.24) is 15.4 Å². The van der Waals surface area contributed by atoms with Crippen LogP contribution in [0.25, 0.3) is 22.4 Å². The summed E-state index contributed by atoms with van der Waals surface area (Å²) >= 11 is 0. The van der Waals surface area contributed by atoms with E-state index >= 15 is 0 Å². The predicted molar refractivity (Wildman–Crippen MR) is 81.2 cm³/mol. The molecule has 1 aromatic heterocycles. The Labute approximate surface area is 127 Å². The van der Waals surface area contributed by atoms with Gasteiger partial charge in [0.1, 0.15) is 17.5 Å². The molecule has 106 valence electrons. The molecule has 0 radical (unpaired) electrons. The van der Waals surface area contributed by atoms with Gasteiger partial charge in [0, 0.05) is 12.0 Å². The van der Waals surface area contributed by atoms with E-state index in [4.69, 9.17) is 10.00 Å². The zero-order chi connectivity index (χ0) is 14.9. The van der Waals surface area contributed by atoms with Crippen molar-refractivity contribution >= 4 is 0 Å². The van der Waals surface area contributed by atoms with Crippen LogP contribution < -0.4 is 4.74 Å². The van der Waals surface area contributed by atoms with Crippen molar-refractivity contribution in [2.24, 2.45) is 0 Å². The van der Waals surface area contributed by atoms with Crippen molar-refractivity contribution in [3.63, 3.8) is 0 Å². The number of hydrogen-bond acceptors (Lipinski definition) is 4. The summed E-state index contributed by atoms with van der Waals surface area (Å²) in [5.41, 5.74) is 5.37. The van der Waals surface area contributed by atoms with E-state index in [9.17, 15) is 0 Å². The van der Waals surface area contributed by atoms with Crippen LogP contribution in [0.3, 0.4) is 0 Å². The van der Waals surface area contributed by atoms with Crippen LogP contribution in [0.2, 0.25) is 0 Å².